The second-order valence-corrected chi connectivity index (χ2v) is 4.57. The molecular weight excluding hydrogens is 246 g/mol. The standard InChI is InChI=1S/C13H17N3O3/c14-12(16-18)8-19-11-4-2-1-3-10(11)15-13(17)7-9-5-6-9/h1-4,9,18H,5-8H2,(H2,14,16)(H,15,17). The van der Waals surface area contributed by atoms with Crippen molar-refractivity contribution in [2.75, 3.05) is 11.9 Å². The van der Waals surface area contributed by atoms with Crippen LogP contribution in [0.3, 0.4) is 0 Å². The lowest BCUT2D eigenvalue weighted by Gasteiger charge is -2.11. The molecule has 1 aromatic carbocycles. The summed E-state index contributed by atoms with van der Waals surface area (Å²) >= 11 is 0. The van der Waals surface area contributed by atoms with Gasteiger partial charge in [-0.25, -0.2) is 0 Å². The highest BCUT2D eigenvalue weighted by atomic mass is 16.5. The van der Waals surface area contributed by atoms with Gasteiger partial charge >= 0.3 is 0 Å². The molecule has 1 aliphatic rings. The first-order valence-corrected chi connectivity index (χ1v) is 6.17. The molecule has 6 heteroatoms. The fraction of sp³-hybridized carbons (Fsp3) is 0.385. The minimum atomic E-state index is -0.0357. The molecule has 0 aromatic heterocycles. The average Bonchev–Trinajstić information content (AvgIpc) is 3.21. The van der Waals surface area contributed by atoms with Crippen molar-refractivity contribution in [1.82, 2.24) is 0 Å². The van der Waals surface area contributed by atoms with Gasteiger partial charge in [0.1, 0.15) is 12.4 Å². The second-order valence-electron chi connectivity index (χ2n) is 4.57. The van der Waals surface area contributed by atoms with Crippen molar-refractivity contribution >= 4 is 17.4 Å². The van der Waals surface area contributed by atoms with Crippen LogP contribution in [0.5, 0.6) is 5.75 Å². The van der Waals surface area contributed by atoms with Gasteiger partial charge in [-0.15, -0.1) is 0 Å². The largest absolute Gasteiger partial charge is 0.483 e. The Morgan fingerprint density at radius 3 is 2.89 bits per heavy atom. The van der Waals surface area contributed by atoms with E-state index in [4.69, 9.17) is 15.7 Å². The van der Waals surface area contributed by atoms with Crippen molar-refractivity contribution in [1.29, 1.82) is 0 Å². The number of benzene rings is 1. The zero-order valence-electron chi connectivity index (χ0n) is 10.5. The quantitative estimate of drug-likeness (QED) is 0.314. The van der Waals surface area contributed by atoms with Crippen LogP contribution in [-0.2, 0) is 4.79 Å². The van der Waals surface area contributed by atoms with Crippen molar-refractivity contribution in [2.24, 2.45) is 16.8 Å². The van der Waals surface area contributed by atoms with Crippen LogP contribution < -0.4 is 15.8 Å². The van der Waals surface area contributed by atoms with E-state index in [1.807, 2.05) is 6.07 Å². The number of nitrogens with one attached hydrogen (secondary N) is 1. The van der Waals surface area contributed by atoms with Crippen molar-refractivity contribution < 1.29 is 14.7 Å². The number of ether oxygens (including phenoxy) is 1. The fourth-order valence-corrected chi connectivity index (χ4v) is 1.66. The number of hydrogen-bond donors (Lipinski definition) is 3. The predicted molar refractivity (Wildman–Crippen MR) is 71.3 cm³/mol. The molecule has 0 heterocycles. The molecule has 19 heavy (non-hydrogen) atoms. The summed E-state index contributed by atoms with van der Waals surface area (Å²) in [5, 5.41) is 14.1. The lowest BCUT2D eigenvalue weighted by atomic mass is 10.2. The zero-order chi connectivity index (χ0) is 13.7. The number of para-hydroxylation sites is 2. The number of carbonyl (C=O) groups is 1. The number of rotatable bonds is 6. The van der Waals surface area contributed by atoms with Gasteiger partial charge in [0.15, 0.2) is 5.84 Å². The van der Waals surface area contributed by atoms with Crippen LogP contribution in [0.1, 0.15) is 19.3 Å². The minimum absolute atomic E-state index is 0.0117. The van der Waals surface area contributed by atoms with Crippen molar-refractivity contribution in [3.63, 3.8) is 0 Å². The third-order valence-electron chi connectivity index (χ3n) is 2.84. The van der Waals surface area contributed by atoms with E-state index in [0.717, 1.165) is 12.8 Å². The Labute approximate surface area is 111 Å². The summed E-state index contributed by atoms with van der Waals surface area (Å²) in [6.07, 6.45) is 2.82. The molecule has 1 aliphatic carbocycles. The molecule has 1 saturated carbocycles. The van der Waals surface area contributed by atoms with E-state index in [-0.39, 0.29) is 18.3 Å². The fourth-order valence-electron chi connectivity index (χ4n) is 1.66. The highest BCUT2D eigenvalue weighted by molar-refractivity contribution is 5.92. The summed E-state index contributed by atoms with van der Waals surface area (Å²) in [5.74, 6) is 0.991. The van der Waals surface area contributed by atoms with Crippen LogP contribution in [0.25, 0.3) is 0 Å². The Kier molecular flexibility index (Phi) is 4.22. The molecule has 0 atom stereocenters. The summed E-state index contributed by atoms with van der Waals surface area (Å²) in [6.45, 7) is -0.0357. The molecule has 4 N–H and O–H groups in total. The maximum atomic E-state index is 11.8. The van der Waals surface area contributed by atoms with Crippen molar-refractivity contribution in [2.45, 2.75) is 19.3 Å². The van der Waals surface area contributed by atoms with Gasteiger partial charge in [-0.05, 0) is 30.9 Å². The molecule has 6 nitrogen and oxygen atoms in total. The SMILES string of the molecule is NC(COc1ccccc1NC(=O)CC1CC1)=NO. The summed E-state index contributed by atoms with van der Waals surface area (Å²) in [6, 6.07) is 7.07. The van der Waals surface area contributed by atoms with Gasteiger partial charge in [0, 0.05) is 6.42 Å². The second kappa shape index (κ2) is 6.08. The first-order chi connectivity index (χ1) is 9.19. The summed E-state index contributed by atoms with van der Waals surface area (Å²) in [4.78, 5) is 11.8. The number of carbonyl (C=O) groups excluding carboxylic acids is 1. The number of amidine groups is 1. The highest BCUT2D eigenvalue weighted by Gasteiger charge is 2.24. The van der Waals surface area contributed by atoms with Gasteiger partial charge in [-0.2, -0.15) is 0 Å². The van der Waals surface area contributed by atoms with Crippen LogP contribution >= 0.6 is 0 Å². The van der Waals surface area contributed by atoms with E-state index < -0.39 is 0 Å². The highest BCUT2D eigenvalue weighted by Crippen LogP contribution is 2.33. The maximum Gasteiger partial charge on any atom is 0.224 e. The Morgan fingerprint density at radius 2 is 2.21 bits per heavy atom. The summed E-state index contributed by atoms with van der Waals surface area (Å²) in [5.41, 5.74) is 5.93. The minimum Gasteiger partial charge on any atom is -0.483 e. The van der Waals surface area contributed by atoms with E-state index >= 15 is 0 Å². The third kappa shape index (κ3) is 4.17. The van der Waals surface area contributed by atoms with Gasteiger partial charge in [0.05, 0.1) is 5.69 Å². The van der Waals surface area contributed by atoms with Crippen molar-refractivity contribution in [3.05, 3.63) is 24.3 Å². The van der Waals surface area contributed by atoms with Crippen LogP contribution in [0, 0.1) is 5.92 Å². The number of nitrogens with zero attached hydrogens (tertiary/aromatic N) is 1. The van der Waals surface area contributed by atoms with E-state index in [1.54, 1.807) is 18.2 Å². The smallest absolute Gasteiger partial charge is 0.224 e. The average molecular weight is 263 g/mol. The summed E-state index contributed by atoms with van der Waals surface area (Å²) in [7, 11) is 0. The van der Waals surface area contributed by atoms with Gasteiger partial charge in [0.25, 0.3) is 0 Å². The summed E-state index contributed by atoms with van der Waals surface area (Å²) < 4.78 is 5.38. The Balaban J connectivity index is 1.96. The third-order valence-corrected chi connectivity index (χ3v) is 2.84. The Morgan fingerprint density at radius 1 is 1.47 bits per heavy atom. The molecular formula is C13H17N3O3. The van der Waals surface area contributed by atoms with Crippen LogP contribution in [0.4, 0.5) is 5.69 Å². The first kappa shape index (κ1) is 13.2. The predicted octanol–water partition coefficient (Wildman–Crippen LogP) is 1.55. The normalized spacial score (nSPS) is 15.1. The molecule has 0 unspecified atom stereocenters. The van der Waals surface area contributed by atoms with Crippen molar-refractivity contribution in [3.8, 4) is 5.75 Å². The number of nitrogens with two attached hydrogens (primary N) is 1. The Bertz CT molecular complexity index is 484. The molecule has 0 bridgehead atoms. The molecule has 1 aromatic rings. The Hall–Kier alpha value is -2.24. The van der Waals surface area contributed by atoms with E-state index in [0.29, 0.717) is 23.8 Å². The zero-order valence-corrected chi connectivity index (χ0v) is 10.5. The van der Waals surface area contributed by atoms with E-state index in [2.05, 4.69) is 10.5 Å². The molecule has 102 valence electrons. The molecule has 0 aliphatic heterocycles. The monoisotopic (exact) mass is 263 g/mol. The number of oxime groups is 1. The van der Waals surface area contributed by atoms with Gasteiger partial charge in [-0.3, -0.25) is 4.79 Å². The number of amides is 1. The lowest BCUT2D eigenvalue weighted by Crippen LogP contribution is -2.21. The molecule has 1 amide bonds. The maximum absolute atomic E-state index is 11.8. The molecule has 0 spiro atoms. The number of hydrogen-bond acceptors (Lipinski definition) is 4. The van der Waals surface area contributed by atoms with E-state index in [1.165, 1.54) is 0 Å². The molecule has 2 rings (SSSR count). The lowest BCUT2D eigenvalue weighted by molar-refractivity contribution is -0.116. The van der Waals surface area contributed by atoms with Crippen LogP contribution in [0.2, 0.25) is 0 Å². The molecule has 0 saturated heterocycles. The van der Waals surface area contributed by atoms with Gasteiger partial charge < -0.3 is 21.0 Å². The molecule has 1 fully saturated rings. The van der Waals surface area contributed by atoms with E-state index in [9.17, 15) is 4.79 Å². The van der Waals surface area contributed by atoms with Gasteiger partial charge in [0.2, 0.25) is 5.91 Å². The topological polar surface area (TPSA) is 96.9 Å². The van der Waals surface area contributed by atoms with Crippen LogP contribution in [0.15, 0.2) is 29.4 Å². The molecule has 0 radical (unpaired) electrons. The van der Waals surface area contributed by atoms with Crippen LogP contribution in [-0.4, -0.2) is 23.6 Å². The van der Waals surface area contributed by atoms with Gasteiger partial charge in [-0.1, -0.05) is 17.3 Å². The number of anilines is 1. The first-order valence-electron chi connectivity index (χ1n) is 6.17.